The van der Waals surface area contributed by atoms with Crippen molar-refractivity contribution in [2.45, 2.75) is 26.3 Å². The van der Waals surface area contributed by atoms with Crippen molar-refractivity contribution in [3.8, 4) is 6.19 Å². The van der Waals surface area contributed by atoms with Gasteiger partial charge in [-0.2, -0.15) is 5.26 Å². The molecule has 0 heterocycles. The van der Waals surface area contributed by atoms with E-state index < -0.39 is 0 Å². The molecule has 0 atom stereocenters. The van der Waals surface area contributed by atoms with E-state index in [9.17, 15) is 0 Å². The maximum Gasteiger partial charge on any atom is 0.179 e. The smallest absolute Gasteiger partial charge is 0.179 e. The minimum Gasteiger partial charge on any atom is -0.383 e. The molecule has 0 aromatic heterocycles. The Bertz CT molecular complexity index is 143. The second kappa shape index (κ2) is 4.20. The highest BCUT2D eigenvalue weighted by atomic mass is 16.5. The third kappa shape index (κ3) is 3.84. The van der Waals surface area contributed by atoms with E-state index in [1.165, 1.54) is 0 Å². The third-order valence-corrected chi connectivity index (χ3v) is 1.45. The van der Waals surface area contributed by atoms with Gasteiger partial charge in [-0.1, -0.05) is 0 Å². The number of hydrogen-bond donors (Lipinski definition) is 0. The zero-order chi connectivity index (χ0) is 8.91. The van der Waals surface area contributed by atoms with Gasteiger partial charge in [0.05, 0.1) is 13.2 Å². The van der Waals surface area contributed by atoms with Gasteiger partial charge in [0, 0.05) is 12.6 Å². The monoisotopic (exact) mass is 156 g/mol. The molecule has 3 heteroatoms. The summed E-state index contributed by atoms with van der Waals surface area (Å²) >= 11 is 0. The molecule has 0 aromatic carbocycles. The number of rotatable bonds is 3. The molecule has 0 saturated heterocycles. The van der Waals surface area contributed by atoms with Crippen molar-refractivity contribution >= 4 is 0 Å². The maximum atomic E-state index is 8.71. The fraction of sp³-hybridized carbons (Fsp3) is 0.875. The molecule has 0 aliphatic rings. The van der Waals surface area contributed by atoms with Gasteiger partial charge in [-0.15, -0.1) is 0 Å². The van der Waals surface area contributed by atoms with Gasteiger partial charge in [0.15, 0.2) is 6.19 Å². The van der Waals surface area contributed by atoms with Crippen LogP contribution in [0.3, 0.4) is 0 Å². The van der Waals surface area contributed by atoms with Crippen molar-refractivity contribution in [3.63, 3.8) is 0 Å². The van der Waals surface area contributed by atoms with Crippen LogP contribution in [0, 0.1) is 11.5 Å². The molecule has 64 valence electrons. The Kier molecular flexibility index (Phi) is 3.91. The number of methoxy groups -OCH3 is 1. The predicted molar refractivity (Wildman–Crippen MR) is 43.9 cm³/mol. The fourth-order valence-corrected chi connectivity index (χ4v) is 0.718. The van der Waals surface area contributed by atoms with Gasteiger partial charge in [0.1, 0.15) is 0 Å². The highest BCUT2D eigenvalue weighted by Crippen LogP contribution is 2.10. The molecule has 0 aliphatic heterocycles. The van der Waals surface area contributed by atoms with Crippen molar-refractivity contribution in [3.05, 3.63) is 0 Å². The zero-order valence-electron chi connectivity index (χ0n) is 7.72. The first-order valence-corrected chi connectivity index (χ1v) is 3.68. The van der Waals surface area contributed by atoms with E-state index in [-0.39, 0.29) is 5.54 Å². The molecule has 0 fully saturated rings. The lowest BCUT2D eigenvalue weighted by atomic mass is 10.1. The first-order valence-electron chi connectivity index (χ1n) is 3.68. The van der Waals surface area contributed by atoms with Crippen molar-refractivity contribution in [2.24, 2.45) is 0 Å². The quantitative estimate of drug-likeness (QED) is 0.455. The van der Waals surface area contributed by atoms with Crippen LogP contribution in [0.25, 0.3) is 0 Å². The lowest BCUT2D eigenvalue weighted by Crippen LogP contribution is -2.39. The van der Waals surface area contributed by atoms with E-state index >= 15 is 0 Å². The largest absolute Gasteiger partial charge is 0.383 e. The predicted octanol–water partition coefficient (Wildman–Crippen LogP) is 1.21. The molecule has 0 aliphatic carbocycles. The SMILES string of the molecule is COCCN(C#N)C(C)(C)C. The van der Waals surface area contributed by atoms with Crippen LogP contribution in [0.2, 0.25) is 0 Å². The summed E-state index contributed by atoms with van der Waals surface area (Å²) in [6.45, 7) is 7.28. The molecule has 0 radical (unpaired) electrons. The summed E-state index contributed by atoms with van der Waals surface area (Å²) < 4.78 is 4.88. The molecule has 0 bridgehead atoms. The van der Waals surface area contributed by atoms with Crippen LogP contribution >= 0.6 is 0 Å². The summed E-state index contributed by atoms with van der Waals surface area (Å²) in [4.78, 5) is 1.70. The van der Waals surface area contributed by atoms with Gasteiger partial charge < -0.3 is 9.64 Å². The normalized spacial score (nSPS) is 10.8. The van der Waals surface area contributed by atoms with E-state index in [1.54, 1.807) is 12.0 Å². The Balaban J connectivity index is 3.89. The maximum absolute atomic E-state index is 8.71. The summed E-state index contributed by atoms with van der Waals surface area (Å²) in [5.41, 5.74) is -0.0900. The lowest BCUT2D eigenvalue weighted by molar-refractivity contribution is 0.132. The van der Waals surface area contributed by atoms with Crippen molar-refractivity contribution in [2.75, 3.05) is 20.3 Å². The van der Waals surface area contributed by atoms with E-state index in [1.807, 2.05) is 20.8 Å². The fourth-order valence-electron chi connectivity index (χ4n) is 0.718. The van der Waals surface area contributed by atoms with Gasteiger partial charge in [0.25, 0.3) is 0 Å². The number of nitrogens with zero attached hydrogens (tertiary/aromatic N) is 2. The van der Waals surface area contributed by atoms with Gasteiger partial charge in [-0.25, -0.2) is 0 Å². The van der Waals surface area contributed by atoms with Gasteiger partial charge >= 0.3 is 0 Å². The standard InChI is InChI=1S/C8H16N2O/c1-8(2,3)10(7-9)5-6-11-4/h5-6H2,1-4H3. The third-order valence-electron chi connectivity index (χ3n) is 1.45. The molecule has 0 spiro atoms. The molecule has 3 nitrogen and oxygen atoms in total. The van der Waals surface area contributed by atoms with E-state index in [4.69, 9.17) is 10.00 Å². The van der Waals surface area contributed by atoms with Crippen LogP contribution in [0.1, 0.15) is 20.8 Å². The molecule has 0 aromatic rings. The summed E-state index contributed by atoms with van der Waals surface area (Å²) in [5.74, 6) is 0. The Hall–Kier alpha value is -0.750. The molecule has 0 unspecified atom stereocenters. The van der Waals surface area contributed by atoms with Crippen molar-refractivity contribution in [1.29, 1.82) is 5.26 Å². The molecule has 0 saturated carbocycles. The average molecular weight is 156 g/mol. The van der Waals surface area contributed by atoms with Gasteiger partial charge in [-0.05, 0) is 20.8 Å². The lowest BCUT2D eigenvalue weighted by Gasteiger charge is -2.30. The molecular formula is C8H16N2O. The van der Waals surface area contributed by atoms with Crippen molar-refractivity contribution < 1.29 is 4.74 Å². The second-order valence-electron chi connectivity index (χ2n) is 3.42. The van der Waals surface area contributed by atoms with Gasteiger partial charge in [0.2, 0.25) is 0 Å². The Morgan fingerprint density at radius 1 is 1.45 bits per heavy atom. The minimum atomic E-state index is -0.0900. The van der Waals surface area contributed by atoms with Gasteiger partial charge in [-0.3, -0.25) is 0 Å². The summed E-state index contributed by atoms with van der Waals surface area (Å²) in [6.07, 6.45) is 2.13. The summed E-state index contributed by atoms with van der Waals surface area (Å²) in [5, 5.41) is 8.71. The number of ether oxygens (including phenoxy) is 1. The Labute approximate surface area is 68.6 Å². The van der Waals surface area contributed by atoms with Crippen molar-refractivity contribution in [1.82, 2.24) is 4.90 Å². The summed E-state index contributed by atoms with van der Waals surface area (Å²) in [6, 6.07) is 0. The number of nitriles is 1. The Morgan fingerprint density at radius 3 is 2.27 bits per heavy atom. The van der Waals surface area contributed by atoms with Crippen LogP contribution in [0.5, 0.6) is 0 Å². The second-order valence-corrected chi connectivity index (χ2v) is 3.42. The minimum absolute atomic E-state index is 0.0900. The van der Waals surface area contributed by atoms with E-state index in [0.29, 0.717) is 13.2 Å². The van der Waals surface area contributed by atoms with Crippen LogP contribution < -0.4 is 0 Å². The number of hydrogen-bond acceptors (Lipinski definition) is 3. The van der Waals surface area contributed by atoms with E-state index in [2.05, 4.69) is 6.19 Å². The first-order chi connectivity index (χ1) is 5.02. The van der Waals surface area contributed by atoms with Crippen LogP contribution in [-0.4, -0.2) is 30.7 Å². The van der Waals surface area contributed by atoms with Crippen LogP contribution in [0.4, 0.5) is 0 Å². The summed E-state index contributed by atoms with van der Waals surface area (Å²) in [7, 11) is 1.64. The highest BCUT2D eigenvalue weighted by molar-refractivity contribution is 4.85. The molecule has 0 rings (SSSR count). The van der Waals surface area contributed by atoms with Crippen LogP contribution in [-0.2, 0) is 4.74 Å². The zero-order valence-corrected chi connectivity index (χ0v) is 7.72. The Morgan fingerprint density at radius 2 is 2.00 bits per heavy atom. The molecule has 0 amide bonds. The molecule has 0 N–H and O–H groups in total. The van der Waals surface area contributed by atoms with E-state index in [0.717, 1.165) is 0 Å². The highest BCUT2D eigenvalue weighted by Gasteiger charge is 2.18. The topological polar surface area (TPSA) is 36.3 Å². The molecular weight excluding hydrogens is 140 g/mol. The average Bonchev–Trinajstić information content (AvgIpc) is 1.87. The van der Waals surface area contributed by atoms with Crippen LogP contribution in [0.15, 0.2) is 0 Å². The molecule has 11 heavy (non-hydrogen) atoms. The first kappa shape index (κ1) is 10.2.